The summed E-state index contributed by atoms with van der Waals surface area (Å²) in [4.78, 5) is 25.0. The van der Waals surface area contributed by atoms with Gasteiger partial charge in [0, 0.05) is 31.5 Å². The van der Waals surface area contributed by atoms with E-state index in [0.29, 0.717) is 19.4 Å². The van der Waals surface area contributed by atoms with Gasteiger partial charge in [-0.2, -0.15) is 0 Å². The second-order valence-corrected chi connectivity index (χ2v) is 13.9. The van der Waals surface area contributed by atoms with Gasteiger partial charge >= 0.3 is 0 Å². The lowest BCUT2D eigenvalue weighted by atomic mass is 10.0. The van der Waals surface area contributed by atoms with Crippen LogP contribution in [0, 0.1) is 0 Å². The highest BCUT2D eigenvalue weighted by atomic mass is 16.5. The van der Waals surface area contributed by atoms with Gasteiger partial charge in [-0.05, 0) is 121 Å². The number of carbonyl (C=O) groups excluding carboxylic acids is 2. The van der Waals surface area contributed by atoms with Crippen LogP contribution in [0.5, 0.6) is 11.5 Å². The van der Waals surface area contributed by atoms with Crippen molar-refractivity contribution in [3.63, 3.8) is 0 Å². The van der Waals surface area contributed by atoms with Gasteiger partial charge in [0.05, 0.1) is 7.11 Å². The van der Waals surface area contributed by atoms with Gasteiger partial charge in [0.15, 0.2) is 0 Å². The number of aromatic hydroxyl groups is 1. The fourth-order valence-electron chi connectivity index (χ4n) is 6.13. The van der Waals surface area contributed by atoms with Gasteiger partial charge in [0.1, 0.15) is 17.5 Å². The average Bonchev–Trinajstić information content (AvgIpc) is 3.15. The number of hydrogen-bond donors (Lipinski definition) is 7. The van der Waals surface area contributed by atoms with E-state index >= 15 is 0 Å². The Morgan fingerprint density at radius 2 is 1.13 bits per heavy atom. The minimum absolute atomic E-state index is 0.118. The lowest BCUT2D eigenvalue weighted by Gasteiger charge is -2.19. The number of amides is 2. The SMILES string of the molecule is CCCC(=O)N[C@@H](Cc1ccc(O)cc1)C(=O)NCCCNCCCCCCNCCCCCCNCCCCCCNCc1ccccc1OC. The summed E-state index contributed by atoms with van der Waals surface area (Å²) in [6, 6.07) is 14.3. The highest BCUT2D eigenvalue weighted by Gasteiger charge is 2.20. The molecule has 2 aromatic rings. The monoisotopic (exact) mass is 725 g/mol. The number of phenolic OH excluding ortho intramolecular Hbond substituents is 1. The highest BCUT2D eigenvalue weighted by Crippen LogP contribution is 2.16. The largest absolute Gasteiger partial charge is 0.508 e. The van der Waals surface area contributed by atoms with Gasteiger partial charge in [-0.25, -0.2) is 0 Å². The normalized spacial score (nSPS) is 11.7. The lowest BCUT2D eigenvalue weighted by molar-refractivity contribution is -0.129. The Kier molecular flexibility index (Phi) is 27.1. The Labute approximate surface area is 315 Å². The van der Waals surface area contributed by atoms with Crippen molar-refractivity contribution < 1.29 is 19.4 Å². The molecule has 10 heteroatoms. The summed E-state index contributed by atoms with van der Waals surface area (Å²) >= 11 is 0. The average molecular weight is 725 g/mol. The molecule has 2 aromatic carbocycles. The molecule has 0 bridgehead atoms. The number of rotatable bonds is 34. The Balaban J connectivity index is 1.29. The maximum Gasteiger partial charge on any atom is 0.242 e. The Morgan fingerprint density at radius 1 is 0.635 bits per heavy atom. The molecule has 0 aromatic heterocycles. The minimum Gasteiger partial charge on any atom is -0.508 e. The molecular weight excluding hydrogens is 653 g/mol. The zero-order chi connectivity index (χ0) is 37.3. The fraction of sp³-hybridized carbons (Fsp3) is 0.667. The molecule has 0 aliphatic heterocycles. The van der Waals surface area contributed by atoms with E-state index in [2.05, 4.69) is 44.0 Å². The van der Waals surface area contributed by atoms with Crippen LogP contribution in [0.4, 0.5) is 0 Å². The molecule has 2 rings (SSSR count). The number of para-hydroxylation sites is 1. The van der Waals surface area contributed by atoms with E-state index in [-0.39, 0.29) is 17.6 Å². The van der Waals surface area contributed by atoms with Gasteiger partial charge in [-0.1, -0.05) is 75.8 Å². The first-order chi connectivity index (χ1) is 25.5. The van der Waals surface area contributed by atoms with Gasteiger partial charge in [0.2, 0.25) is 11.8 Å². The third-order valence-electron chi connectivity index (χ3n) is 9.21. The predicted octanol–water partition coefficient (Wildman–Crippen LogP) is 5.97. The van der Waals surface area contributed by atoms with Crippen molar-refractivity contribution in [1.29, 1.82) is 0 Å². The molecule has 0 radical (unpaired) electrons. The predicted molar refractivity (Wildman–Crippen MR) is 215 cm³/mol. The molecule has 0 unspecified atom stereocenters. The van der Waals surface area contributed by atoms with Gasteiger partial charge in [0.25, 0.3) is 0 Å². The van der Waals surface area contributed by atoms with E-state index in [4.69, 9.17) is 4.74 Å². The number of phenols is 1. The summed E-state index contributed by atoms with van der Waals surface area (Å²) in [5.74, 6) is 0.856. The molecule has 0 heterocycles. The van der Waals surface area contributed by atoms with Crippen LogP contribution < -0.4 is 36.6 Å². The summed E-state index contributed by atoms with van der Waals surface area (Å²) < 4.78 is 5.41. The highest BCUT2D eigenvalue weighted by molar-refractivity contribution is 5.87. The van der Waals surface area contributed by atoms with E-state index in [1.165, 1.54) is 82.6 Å². The van der Waals surface area contributed by atoms with Crippen LogP contribution in [0.15, 0.2) is 48.5 Å². The third-order valence-corrected chi connectivity index (χ3v) is 9.21. The molecule has 0 spiro atoms. The van der Waals surface area contributed by atoms with Gasteiger partial charge in [-0.3, -0.25) is 9.59 Å². The second kappa shape index (κ2) is 31.4. The molecule has 0 fully saturated rings. The number of carbonyl (C=O) groups is 2. The van der Waals surface area contributed by atoms with Crippen LogP contribution in [0.1, 0.15) is 114 Å². The molecule has 52 heavy (non-hydrogen) atoms. The molecule has 7 N–H and O–H groups in total. The molecular formula is C42H72N6O4. The van der Waals surface area contributed by atoms with Gasteiger partial charge < -0.3 is 41.7 Å². The van der Waals surface area contributed by atoms with E-state index in [1.54, 1.807) is 31.4 Å². The second-order valence-electron chi connectivity index (χ2n) is 13.9. The molecule has 0 aliphatic rings. The van der Waals surface area contributed by atoms with Crippen LogP contribution in [-0.2, 0) is 22.6 Å². The number of benzene rings is 2. The fourth-order valence-corrected chi connectivity index (χ4v) is 6.13. The summed E-state index contributed by atoms with van der Waals surface area (Å²) in [7, 11) is 1.73. The van der Waals surface area contributed by atoms with E-state index < -0.39 is 6.04 Å². The van der Waals surface area contributed by atoms with E-state index in [0.717, 1.165) is 76.5 Å². The summed E-state index contributed by atoms with van der Waals surface area (Å²) in [5, 5.41) is 29.6. The molecule has 0 saturated heterocycles. The molecule has 1 atom stereocenters. The van der Waals surface area contributed by atoms with Crippen molar-refractivity contribution in [2.24, 2.45) is 0 Å². The van der Waals surface area contributed by atoms with Crippen molar-refractivity contribution in [3.05, 3.63) is 59.7 Å². The number of unbranched alkanes of at least 4 members (excludes halogenated alkanes) is 9. The molecule has 0 aliphatic carbocycles. The Morgan fingerprint density at radius 3 is 1.65 bits per heavy atom. The zero-order valence-electron chi connectivity index (χ0n) is 32.5. The lowest BCUT2D eigenvalue weighted by Crippen LogP contribution is -2.48. The first-order valence-corrected chi connectivity index (χ1v) is 20.3. The Bertz CT molecular complexity index is 1170. The summed E-state index contributed by atoms with van der Waals surface area (Å²) in [5.41, 5.74) is 2.11. The van der Waals surface area contributed by atoms with Crippen LogP contribution >= 0.6 is 0 Å². The topological polar surface area (TPSA) is 136 Å². The number of nitrogens with one attached hydrogen (secondary N) is 6. The summed E-state index contributed by atoms with van der Waals surface area (Å²) in [6.45, 7) is 10.8. The summed E-state index contributed by atoms with van der Waals surface area (Å²) in [6.07, 6.45) is 17.5. The number of methoxy groups -OCH3 is 1. The van der Waals surface area contributed by atoms with Crippen molar-refractivity contribution in [1.82, 2.24) is 31.9 Å². The number of hydrogen-bond acceptors (Lipinski definition) is 8. The van der Waals surface area contributed by atoms with Crippen molar-refractivity contribution in [3.8, 4) is 11.5 Å². The zero-order valence-corrected chi connectivity index (χ0v) is 32.5. The van der Waals surface area contributed by atoms with Crippen LogP contribution in [0.2, 0.25) is 0 Å². The Hall–Kier alpha value is -3.18. The first kappa shape index (κ1) is 45.0. The van der Waals surface area contributed by atoms with Crippen molar-refractivity contribution >= 4 is 11.8 Å². The molecule has 10 nitrogen and oxygen atoms in total. The maximum atomic E-state index is 12.8. The maximum absolute atomic E-state index is 12.8. The van der Waals surface area contributed by atoms with Crippen LogP contribution in [0.3, 0.4) is 0 Å². The van der Waals surface area contributed by atoms with Crippen LogP contribution in [0.25, 0.3) is 0 Å². The van der Waals surface area contributed by atoms with Crippen molar-refractivity contribution in [2.75, 3.05) is 59.5 Å². The smallest absolute Gasteiger partial charge is 0.242 e. The number of ether oxygens (including phenoxy) is 1. The minimum atomic E-state index is -0.624. The quantitative estimate of drug-likeness (QED) is 0.0439. The van der Waals surface area contributed by atoms with E-state index in [9.17, 15) is 14.7 Å². The first-order valence-electron chi connectivity index (χ1n) is 20.3. The molecule has 0 saturated carbocycles. The molecule has 2 amide bonds. The molecule has 294 valence electrons. The third kappa shape index (κ3) is 23.4. The van der Waals surface area contributed by atoms with E-state index in [1.807, 2.05) is 19.1 Å². The van der Waals surface area contributed by atoms with Gasteiger partial charge in [-0.15, -0.1) is 0 Å². The van der Waals surface area contributed by atoms with Crippen molar-refractivity contribution in [2.45, 2.75) is 122 Å². The van der Waals surface area contributed by atoms with Crippen LogP contribution in [-0.4, -0.2) is 82.4 Å². The standard InChI is InChI=1S/C42H72N6O4/c1-3-19-41(50)48-39(34-36-22-24-38(49)25-23-36)42(51)47-33-18-32-45-30-16-7-6-14-28-43-26-12-4-5-13-27-44-29-15-8-9-17-31-46-35-37-20-10-11-21-40(37)52-2/h10-11,20-25,39,43-46,49H,3-9,12-19,26-35H2,1-2H3,(H,47,51)(H,48,50)/t39-/m0/s1.